The molecule has 0 unspecified atom stereocenters. The summed E-state index contributed by atoms with van der Waals surface area (Å²) in [5.41, 5.74) is 1.83. The molecule has 0 fully saturated rings. The van der Waals surface area contributed by atoms with Crippen molar-refractivity contribution in [1.82, 2.24) is 9.55 Å². The molecule has 1 aromatic carbocycles. The van der Waals surface area contributed by atoms with Gasteiger partial charge in [0.25, 0.3) is 5.56 Å². The van der Waals surface area contributed by atoms with Crippen LogP contribution in [0.15, 0.2) is 35.3 Å². The first kappa shape index (κ1) is 11.8. The van der Waals surface area contributed by atoms with E-state index in [4.69, 9.17) is 0 Å². The summed E-state index contributed by atoms with van der Waals surface area (Å²) in [5.74, 6) is 0. The van der Waals surface area contributed by atoms with Crippen LogP contribution in [-0.4, -0.2) is 9.55 Å². The number of fused-ring (bicyclic) bond motifs is 1. The Hall–Kier alpha value is -1.64. The number of rotatable bonds is 5. The van der Waals surface area contributed by atoms with E-state index in [2.05, 4.69) is 11.9 Å². The molecule has 0 atom stereocenters. The van der Waals surface area contributed by atoms with Gasteiger partial charge in [-0.05, 0) is 18.6 Å². The van der Waals surface area contributed by atoms with Gasteiger partial charge in [-0.1, -0.05) is 38.3 Å². The van der Waals surface area contributed by atoms with Gasteiger partial charge >= 0.3 is 0 Å². The Kier molecular flexibility index (Phi) is 3.91. The standard InChI is InChI=1S/C14H18N2O/c1-2-3-4-7-10-16-13-9-6-5-8-12(13)15-11-14(16)17/h5-6,8-9,11H,2-4,7,10H2,1H3. The molecule has 0 amide bonds. The summed E-state index contributed by atoms with van der Waals surface area (Å²) in [6.45, 7) is 2.98. The molecule has 17 heavy (non-hydrogen) atoms. The van der Waals surface area contributed by atoms with Gasteiger partial charge in [0.1, 0.15) is 0 Å². The van der Waals surface area contributed by atoms with E-state index in [0.29, 0.717) is 0 Å². The average Bonchev–Trinajstić information content (AvgIpc) is 2.37. The molecule has 0 spiro atoms. The summed E-state index contributed by atoms with van der Waals surface area (Å²) in [4.78, 5) is 15.9. The quantitative estimate of drug-likeness (QED) is 0.740. The fraction of sp³-hybridized carbons (Fsp3) is 0.429. The molecule has 3 heteroatoms. The van der Waals surface area contributed by atoms with E-state index in [0.717, 1.165) is 24.0 Å². The summed E-state index contributed by atoms with van der Waals surface area (Å²) in [6.07, 6.45) is 6.10. The number of para-hydroxylation sites is 2. The van der Waals surface area contributed by atoms with Gasteiger partial charge < -0.3 is 4.57 Å². The van der Waals surface area contributed by atoms with Crippen LogP contribution in [0.25, 0.3) is 11.0 Å². The Balaban J connectivity index is 2.25. The predicted molar refractivity (Wildman–Crippen MR) is 70.1 cm³/mol. The summed E-state index contributed by atoms with van der Waals surface area (Å²) >= 11 is 0. The maximum absolute atomic E-state index is 11.8. The van der Waals surface area contributed by atoms with Gasteiger partial charge in [0.05, 0.1) is 17.2 Å². The second-order valence-corrected chi connectivity index (χ2v) is 4.30. The highest BCUT2D eigenvalue weighted by molar-refractivity contribution is 5.74. The molecule has 0 radical (unpaired) electrons. The summed E-state index contributed by atoms with van der Waals surface area (Å²) in [6, 6.07) is 7.80. The molecule has 3 nitrogen and oxygen atoms in total. The Morgan fingerprint density at radius 1 is 1.18 bits per heavy atom. The van der Waals surface area contributed by atoms with Gasteiger partial charge in [-0.2, -0.15) is 0 Å². The summed E-state index contributed by atoms with van der Waals surface area (Å²) < 4.78 is 1.83. The molecule has 0 aliphatic carbocycles. The van der Waals surface area contributed by atoms with Crippen molar-refractivity contribution in [3.8, 4) is 0 Å². The van der Waals surface area contributed by atoms with Gasteiger partial charge in [0.15, 0.2) is 0 Å². The number of benzene rings is 1. The van der Waals surface area contributed by atoms with Crippen molar-refractivity contribution in [3.05, 3.63) is 40.8 Å². The molecule has 0 saturated carbocycles. The molecule has 2 rings (SSSR count). The zero-order chi connectivity index (χ0) is 12.1. The topological polar surface area (TPSA) is 34.9 Å². The van der Waals surface area contributed by atoms with Crippen LogP contribution in [0.3, 0.4) is 0 Å². The van der Waals surface area contributed by atoms with Gasteiger partial charge in [0.2, 0.25) is 0 Å². The molecule has 0 aliphatic rings. The van der Waals surface area contributed by atoms with Crippen molar-refractivity contribution < 1.29 is 0 Å². The number of unbranched alkanes of at least 4 members (excludes halogenated alkanes) is 3. The van der Waals surface area contributed by atoms with Crippen LogP contribution in [0.2, 0.25) is 0 Å². The van der Waals surface area contributed by atoms with Gasteiger partial charge in [0, 0.05) is 6.54 Å². The normalized spacial score (nSPS) is 10.9. The number of aryl methyl sites for hydroxylation is 1. The van der Waals surface area contributed by atoms with Crippen LogP contribution in [0.5, 0.6) is 0 Å². The van der Waals surface area contributed by atoms with Crippen LogP contribution in [0.4, 0.5) is 0 Å². The van der Waals surface area contributed by atoms with Gasteiger partial charge in [-0.15, -0.1) is 0 Å². The van der Waals surface area contributed by atoms with Crippen molar-refractivity contribution in [2.24, 2.45) is 0 Å². The largest absolute Gasteiger partial charge is 0.305 e. The molecular weight excluding hydrogens is 212 g/mol. The van der Waals surface area contributed by atoms with Crippen molar-refractivity contribution >= 4 is 11.0 Å². The van der Waals surface area contributed by atoms with Crippen molar-refractivity contribution in [1.29, 1.82) is 0 Å². The predicted octanol–water partition coefficient (Wildman–Crippen LogP) is 2.98. The first-order valence-electron chi connectivity index (χ1n) is 6.27. The minimum atomic E-state index is 0.000184. The van der Waals surface area contributed by atoms with E-state index in [1.165, 1.54) is 25.5 Å². The third-order valence-corrected chi connectivity index (χ3v) is 2.99. The van der Waals surface area contributed by atoms with E-state index < -0.39 is 0 Å². The Morgan fingerprint density at radius 3 is 2.82 bits per heavy atom. The highest BCUT2D eigenvalue weighted by Crippen LogP contribution is 2.09. The second-order valence-electron chi connectivity index (χ2n) is 4.30. The smallest absolute Gasteiger partial charge is 0.269 e. The lowest BCUT2D eigenvalue weighted by atomic mass is 10.2. The second kappa shape index (κ2) is 5.62. The van der Waals surface area contributed by atoms with E-state index in [9.17, 15) is 4.79 Å². The Labute approximate surface area is 101 Å². The monoisotopic (exact) mass is 230 g/mol. The lowest BCUT2D eigenvalue weighted by Gasteiger charge is -2.08. The number of hydrogen-bond donors (Lipinski definition) is 0. The molecule has 1 heterocycles. The summed E-state index contributed by atoms with van der Waals surface area (Å²) in [7, 11) is 0. The zero-order valence-corrected chi connectivity index (χ0v) is 10.2. The molecule has 0 N–H and O–H groups in total. The molecule has 0 saturated heterocycles. The van der Waals surface area contributed by atoms with Crippen LogP contribution in [0.1, 0.15) is 32.6 Å². The molecule has 0 aliphatic heterocycles. The number of nitrogens with zero attached hydrogens (tertiary/aromatic N) is 2. The minimum Gasteiger partial charge on any atom is -0.305 e. The van der Waals surface area contributed by atoms with Crippen molar-refractivity contribution in [2.45, 2.75) is 39.2 Å². The maximum atomic E-state index is 11.8. The maximum Gasteiger partial charge on any atom is 0.269 e. The minimum absolute atomic E-state index is 0.000184. The van der Waals surface area contributed by atoms with Gasteiger partial charge in [-0.3, -0.25) is 4.79 Å². The fourth-order valence-electron chi connectivity index (χ4n) is 2.04. The summed E-state index contributed by atoms with van der Waals surface area (Å²) in [5, 5.41) is 0. The molecule has 1 aromatic heterocycles. The lowest BCUT2D eigenvalue weighted by molar-refractivity contribution is 0.581. The molecular formula is C14H18N2O. The van der Waals surface area contributed by atoms with E-state index in [1.54, 1.807) is 0 Å². The van der Waals surface area contributed by atoms with E-state index >= 15 is 0 Å². The first-order chi connectivity index (χ1) is 8.33. The van der Waals surface area contributed by atoms with Crippen LogP contribution < -0.4 is 5.56 Å². The fourth-order valence-corrected chi connectivity index (χ4v) is 2.04. The van der Waals surface area contributed by atoms with E-state index in [1.807, 2.05) is 28.8 Å². The van der Waals surface area contributed by atoms with Crippen molar-refractivity contribution in [2.75, 3.05) is 0 Å². The number of aromatic nitrogens is 2. The van der Waals surface area contributed by atoms with Crippen LogP contribution in [-0.2, 0) is 6.54 Å². The zero-order valence-electron chi connectivity index (χ0n) is 10.2. The highest BCUT2D eigenvalue weighted by atomic mass is 16.1. The first-order valence-corrected chi connectivity index (χ1v) is 6.27. The Morgan fingerprint density at radius 2 is 2.00 bits per heavy atom. The number of hydrogen-bond acceptors (Lipinski definition) is 2. The van der Waals surface area contributed by atoms with Crippen molar-refractivity contribution in [3.63, 3.8) is 0 Å². The highest BCUT2D eigenvalue weighted by Gasteiger charge is 2.02. The Bertz CT molecular complexity index is 545. The van der Waals surface area contributed by atoms with Crippen LogP contribution >= 0.6 is 0 Å². The third kappa shape index (κ3) is 2.73. The van der Waals surface area contributed by atoms with E-state index in [-0.39, 0.29) is 5.56 Å². The lowest BCUT2D eigenvalue weighted by Crippen LogP contribution is -2.20. The SMILES string of the molecule is CCCCCCn1c(=O)cnc2ccccc21. The average molecular weight is 230 g/mol. The van der Waals surface area contributed by atoms with Crippen LogP contribution in [0, 0.1) is 0 Å². The third-order valence-electron chi connectivity index (χ3n) is 2.99. The molecule has 0 bridgehead atoms. The molecule has 2 aromatic rings. The molecule has 90 valence electrons. The van der Waals surface area contributed by atoms with Gasteiger partial charge in [-0.25, -0.2) is 4.98 Å².